The van der Waals surface area contributed by atoms with Crippen molar-refractivity contribution in [3.8, 4) is 0 Å². The molecule has 7 nitrogen and oxygen atoms in total. The van der Waals surface area contributed by atoms with Crippen LogP contribution < -0.4 is 10.6 Å². The number of anilines is 1. The van der Waals surface area contributed by atoms with Crippen LogP contribution in [0, 0.1) is 19.8 Å². The molecular formula is C25H31N3O4S. The first kappa shape index (κ1) is 23.4. The maximum absolute atomic E-state index is 13.4. The Morgan fingerprint density at radius 3 is 2.30 bits per heavy atom. The number of hydrogen-bond acceptors (Lipinski definition) is 4. The molecule has 0 aromatic heterocycles. The van der Waals surface area contributed by atoms with Gasteiger partial charge in [-0.25, -0.2) is 8.42 Å². The molecule has 1 aliphatic carbocycles. The van der Waals surface area contributed by atoms with Crippen molar-refractivity contribution >= 4 is 27.5 Å². The van der Waals surface area contributed by atoms with E-state index in [1.54, 1.807) is 44.2 Å². The number of nitrogens with zero attached hydrogens (tertiary/aromatic N) is 1. The van der Waals surface area contributed by atoms with E-state index in [4.69, 9.17) is 0 Å². The van der Waals surface area contributed by atoms with Gasteiger partial charge >= 0.3 is 0 Å². The third-order valence-electron chi connectivity index (χ3n) is 6.57. The Morgan fingerprint density at radius 2 is 1.64 bits per heavy atom. The van der Waals surface area contributed by atoms with Crippen molar-refractivity contribution in [2.75, 3.05) is 18.4 Å². The maximum atomic E-state index is 13.4. The number of amides is 2. The summed E-state index contributed by atoms with van der Waals surface area (Å²) in [6, 6.07) is 10.2. The van der Waals surface area contributed by atoms with Gasteiger partial charge in [0.2, 0.25) is 10.0 Å². The Bertz CT molecular complexity index is 1180. The van der Waals surface area contributed by atoms with Gasteiger partial charge in [0.25, 0.3) is 11.8 Å². The zero-order chi connectivity index (χ0) is 23.8. The third-order valence-corrected chi connectivity index (χ3v) is 8.60. The molecule has 1 saturated carbocycles. The lowest BCUT2D eigenvalue weighted by atomic mass is 10.0. The molecule has 2 N–H and O–H groups in total. The molecule has 1 heterocycles. The summed E-state index contributed by atoms with van der Waals surface area (Å²) in [7, 11) is -3.71. The van der Waals surface area contributed by atoms with Gasteiger partial charge in [0.05, 0.1) is 16.1 Å². The predicted molar refractivity (Wildman–Crippen MR) is 128 cm³/mol. The van der Waals surface area contributed by atoms with Crippen LogP contribution in [0.1, 0.15) is 64.4 Å². The van der Waals surface area contributed by atoms with E-state index in [9.17, 15) is 18.0 Å². The summed E-state index contributed by atoms with van der Waals surface area (Å²) in [4.78, 5) is 25.9. The summed E-state index contributed by atoms with van der Waals surface area (Å²) in [5, 5.41) is 5.74. The maximum Gasteiger partial charge on any atom is 0.255 e. The normalized spacial score (nSPS) is 17.5. The van der Waals surface area contributed by atoms with Crippen molar-refractivity contribution in [1.29, 1.82) is 0 Å². The van der Waals surface area contributed by atoms with E-state index in [1.807, 2.05) is 0 Å². The molecule has 1 aliphatic heterocycles. The zero-order valence-electron chi connectivity index (χ0n) is 19.3. The fourth-order valence-corrected chi connectivity index (χ4v) is 5.86. The number of piperidine rings is 1. The molecule has 0 unspecified atom stereocenters. The van der Waals surface area contributed by atoms with Crippen LogP contribution in [0.4, 0.5) is 5.69 Å². The molecule has 0 atom stereocenters. The van der Waals surface area contributed by atoms with Crippen LogP contribution in [0.2, 0.25) is 0 Å². The highest BCUT2D eigenvalue weighted by Crippen LogP contribution is 2.29. The first-order valence-electron chi connectivity index (χ1n) is 11.5. The van der Waals surface area contributed by atoms with Gasteiger partial charge in [-0.2, -0.15) is 4.31 Å². The van der Waals surface area contributed by atoms with Crippen LogP contribution >= 0.6 is 0 Å². The number of rotatable bonds is 6. The lowest BCUT2D eigenvalue weighted by Crippen LogP contribution is -2.38. The second-order valence-corrected chi connectivity index (χ2v) is 11.2. The highest BCUT2D eigenvalue weighted by atomic mass is 32.2. The van der Waals surface area contributed by atoms with Crippen LogP contribution in [0.5, 0.6) is 0 Å². The van der Waals surface area contributed by atoms with Gasteiger partial charge in [-0.15, -0.1) is 0 Å². The number of nitrogens with one attached hydrogen (secondary N) is 2. The van der Waals surface area contributed by atoms with Crippen molar-refractivity contribution < 1.29 is 18.0 Å². The standard InChI is InChI=1S/C25H31N3O4S/c1-16-10-12-28(13-11-16)33(31,32)23-15-19(14-17(2)18(23)3)24(29)27-22-7-5-4-6-21(22)25(30)26-20-8-9-20/h4-7,14-16,20H,8-13H2,1-3H3,(H,26,30)(H,27,29). The Labute approximate surface area is 195 Å². The van der Waals surface area contributed by atoms with E-state index < -0.39 is 15.9 Å². The van der Waals surface area contributed by atoms with Crippen LogP contribution in [-0.2, 0) is 10.0 Å². The zero-order valence-corrected chi connectivity index (χ0v) is 20.2. The highest BCUT2D eigenvalue weighted by molar-refractivity contribution is 7.89. The number of benzene rings is 2. The molecule has 0 spiro atoms. The van der Waals surface area contributed by atoms with Crippen molar-refractivity contribution in [2.24, 2.45) is 5.92 Å². The summed E-state index contributed by atoms with van der Waals surface area (Å²) in [6.45, 7) is 6.69. The molecule has 33 heavy (non-hydrogen) atoms. The Morgan fingerprint density at radius 1 is 0.970 bits per heavy atom. The lowest BCUT2D eigenvalue weighted by Gasteiger charge is -2.30. The summed E-state index contributed by atoms with van der Waals surface area (Å²) >= 11 is 0. The van der Waals surface area contributed by atoms with E-state index in [1.165, 1.54) is 10.4 Å². The summed E-state index contributed by atoms with van der Waals surface area (Å²) in [5.41, 5.74) is 2.41. The van der Waals surface area contributed by atoms with Crippen LogP contribution in [-0.4, -0.2) is 43.7 Å². The minimum Gasteiger partial charge on any atom is -0.349 e. The fourth-order valence-electron chi connectivity index (χ4n) is 4.07. The van der Waals surface area contributed by atoms with Crippen molar-refractivity contribution in [3.05, 3.63) is 58.7 Å². The molecular weight excluding hydrogens is 438 g/mol. The topological polar surface area (TPSA) is 95.6 Å². The van der Waals surface area contributed by atoms with Gasteiger partial charge in [0.15, 0.2) is 0 Å². The predicted octanol–water partition coefficient (Wildman–Crippen LogP) is 3.87. The fraction of sp³-hybridized carbons (Fsp3) is 0.440. The van der Waals surface area contributed by atoms with Gasteiger partial charge in [0.1, 0.15) is 0 Å². The number of aryl methyl sites for hydroxylation is 1. The van der Waals surface area contributed by atoms with E-state index in [2.05, 4.69) is 17.6 Å². The monoisotopic (exact) mass is 469 g/mol. The Kier molecular flexibility index (Phi) is 6.59. The second kappa shape index (κ2) is 9.27. The quantitative estimate of drug-likeness (QED) is 0.671. The van der Waals surface area contributed by atoms with Gasteiger partial charge in [-0.3, -0.25) is 9.59 Å². The van der Waals surface area contributed by atoms with Gasteiger partial charge < -0.3 is 10.6 Å². The SMILES string of the molecule is Cc1cc(C(=O)Nc2ccccc2C(=O)NC2CC2)cc(S(=O)(=O)N2CCC(C)CC2)c1C. The molecule has 4 rings (SSSR count). The van der Waals surface area contributed by atoms with Crippen molar-refractivity contribution in [1.82, 2.24) is 9.62 Å². The smallest absolute Gasteiger partial charge is 0.255 e. The summed E-state index contributed by atoms with van der Waals surface area (Å²) < 4.78 is 28.3. The van der Waals surface area contributed by atoms with E-state index in [0.29, 0.717) is 35.8 Å². The minimum absolute atomic E-state index is 0.168. The van der Waals surface area contributed by atoms with Crippen molar-refractivity contribution in [2.45, 2.75) is 57.4 Å². The van der Waals surface area contributed by atoms with Crippen LogP contribution in [0.25, 0.3) is 0 Å². The first-order chi connectivity index (χ1) is 15.7. The number of sulfonamides is 1. The largest absolute Gasteiger partial charge is 0.349 e. The number of hydrogen-bond donors (Lipinski definition) is 2. The number of carbonyl (C=O) groups excluding carboxylic acids is 2. The molecule has 0 bridgehead atoms. The third kappa shape index (κ3) is 5.12. The van der Waals surface area contributed by atoms with Crippen LogP contribution in [0.3, 0.4) is 0 Å². The van der Waals surface area contributed by atoms with E-state index in [0.717, 1.165) is 31.2 Å². The van der Waals surface area contributed by atoms with E-state index >= 15 is 0 Å². The van der Waals surface area contributed by atoms with Gasteiger partial charge in [-0.05, 0) is 80.8 Å². The molecule has 0 radical (unpaired) electrons. The molecule has 2 aromatic carbocycles. The molecule has 2 amide bonds. The van der Waals surface area contributed by atoms with Gasteiger partial charge in [0, 0.05) is 24.7 Å². The molecule has 1 saturated heterocycles. The lowest BCUT2D eigenvalue weighted by molar-refractivity contribution is 0.0952. The molecule has 2 aliphatic rings. The van der Waals surface area contributed by atoms with Gasteiger partial charge in [-0.1, -0.05) is 19.1 Å². The Hall–Kier alpha value is -2.71. The number of para-hydroxylation sites is 1. The average molecular weight is 470 g/mol. The summed E-state index contributed by atoms with van der Waals surface area (Å²) in [5.74, 6) is -0.168. The molecule has 2 fully saturated rings. The molecule has 8 heteroatoms. The molecule has 2 aromatic rings. The summed E-state index contributed by atoms with van der Waals surface area (Å²) in [6.07, 6.45) is 3.60. The van der Waals surface area contributed by atoms with E-state index in [-0.39, 0.29) is 22.4 Å². The minimum atomic E-state index is -3.71. The van der Waals surface area contributed by atoms with Crippen molar-refractivity contribution in [3.63, 3.8) is 0 Å². The highest BCUT2D eigenvalue weighted by Gasteiger charge is 2.31. The first-order valence-corrected chi connectivity index (χ1v) is 12.9. The Balaban J connectivity index is 1.61. The van der Waals surface area contributed by atoms with Crippen LogP contribution in [0.15, 0.2) is 41.3 Å². The second-order valence-electron chi connectivity index (χ2n) is 9.25. The number of carbonyl (C=O) groups is 2. The average Bonchev–Trinajstić information content (AvgIpc) is 3.60. The molecule has 176 valence electrons.